The van der Waals surface area contributed by atoms with Crippen molar-refractivity contribution in [1.29, 1.82) is 0 Å². The van der Waals surface area contributed by atoms with Gasteiger partial charge >= 0.3 is 0 Å². The van der Waals surface area contributed by atoms with Crippen molar-refractivity contribution in [3.05, 3.63) is 15.9 Å². The van der Waals surface area contributed by atoms with E-state index in [0.29, 0.717) is 6.54 Å². The van der Waals surface area contributed by atoms with Gasteiger partial charge in [0.1, 0.15) is 4.60 Å². The lowest BCUT2D eigenvalue weighted by molar-refractivity contribution is -0.129. The van der Waals surface area contributed by atoms with Crippen LogP contribution >= 0.6 is 15.9 Å². The zero-order valence-corrected chi connectivity index (χ0v) is 11.6. The van der Waals surface area contributed by atoms with Crippen LogP contribution in [0.15, 0.2) is 4.60 Å². The molecule has 6 heteroatoms. The monoisotopic (exact) mass is 301 g/mol. The lowest BCUT2D eigenvalue weighted by atomic mass is 10.1. The highest BCUT2D eigenvalue weighted by Gasteiger charge is 2.26. The molecule has 0 radical (unpaired) electrons. The molecular weight excluding hydrogens is 286 g/mol. The molecule has 17 heavy (non-hydrogen) atoms. The molecule has 0 saturated carbocycles. The fourth-order valence-electron chi connectivity index (χ4n) is 2.12. The lowest BCUT2D eigenvalue weighted by Gasteiger charge is -2.27. The van der Waals surface area contributed by atoms with E-state index in [0.717, 1.165) is 28.8 Å². The molecular formula is C11H16BrN3O2. The van der Waals surface area contributed by atoms with Gasteiger partial charge in [0.15, 0.2) is 0 Å². The van der Waals surface area contributed by atoms with E-state index in [-0.39, 0.29) is 18.6 Å². The number of aromatic nitrogens is 2. The SMILES string of the molecule is CC(=O)N1CCc2c(c(Br)nn2C(C)CO)C1. The summed E-state index contributed by atoms with van der Waals surface area (Å²) in [4.78, 5) is 13.2. The maximum atomic E-state index is 11.4. The third-order valence-electron chi connectivity index (χ3n) is 3.16. The Hall–Kier alpha value is -0.880. The minimum absolute atomic E-state index is 0.0288. The quantitative estimate of drug-likeness (QED) is 0.890. The normalized spacial score (nSPS) is 16.8. The van der Waals surface area contributed by atoms with Crippen LogP contribution in [0, 0.1) is 0 Å². The Bertz CT molecular complexity index is 444. The number of nitrogens with zero attached hydrogens (tertiary/aromatic N) is 3. The highest BCUT2D eigenvalue weighted by atomic mass is 79.9. The molecule has 1 aliphatic heterocycles. The van der Waals surface area contributed by atoms with Crippen molar-refractivity contribution >= 4 is 21.8 Å². The number of aliphatic hydroxyl groups excluding tert-OH is 1. The van der Waals surface area contributed by atoms with Crippen molar-refractivity contribution in [1.82, 2.24) is 14.7 Å². The van der Waals surface area contributed by atoms with Gasteiger partial charge in [0.25, 0.3) is 0 Å². The summed E-state index contributed by atoms with van der Waals surface area (Å²) in [6.07, 6.45) is 0.790. The highest BCUT2D eigenvalue weighted by Crippen LogP contribution is 2.28. The summed E-state index contributed by atoms with van der Waals surface area (Å²) in [5.74, 6) is 0.0884. The Morgan fingerprint density at radius 3 is 2.94 bits per heavy atom. The molecule has 94 valence electrons. The molecule has 0 bridgehead atoms. The van der Waals surface area contributed by atoms with Crippen molar-refractivity contribution in [3.63, 3.8) is 0 Å². The molecule has 1 N–H and O–H groups in total. The molecule has 0 aliphatic carbocycles. The first-order valence-electron chi connectivity index (χ1n) is 5.66. The zero-order chi connectivity index (χ0) is 12.6. The Kier molecular flexibility index (Phi) is 3.53. The van der Waals surface area contributed by atoms with Gasteiger partial charge in [-0.3, -0.25) is 9.48 Å². The van der Waals surface area contributed by atoms with E-state index >= 15 is 0 Å². The van der Waals surface area contributed by atoms with Crippen LogP contribution in [0.2, 0.25) is 0 Å². The third kappa shape index (κ3) is 2.24. The van der Waals surface area contributed by atoms with Crippen LogP contribution in [0.1, 0.15) is 31.1 Å². The predicted octanol–water partition coefficient (Wildman–Crippen LogP) is 1.10. The van der Waals surface area contributed by atoms with Gasteiger partial charge in [0.05, 0.1) is 19.2 Å². The summed E-state index contributed by atoms with van der Waals surface area (Å²) < 4.78 is 2.63. The van der Waals surface area contributed by atoms with E-state index in [1.165, 1.54) is 0 Å². The Balaban J connectivity index is 2.34. The zero-order valence-electron chi connectivity index (χ0n) is 9.98. The average Bonchev–Trinajstić information content (AvgIpc) is 2.65. The van der Waals surface area contributed by atoms with E-state index in [1.807, 2.05) is 16.5 Å². The van der Waals surface area contributed by atoms with Gasteiger partial charge in [-0.1, -0.05) is 0 Å². The molecule has 0 aromatic carbocycles. The molecule has 0 fully saturated rings. The summed E-state index contributed by atoms with van der Waals surface area (Å²) in [7, 11) is 0. The summed E-state index contributed by atoms with van der Waals surface area (Å²) in [5.41, 5.74) is 2.18. The number of amides is 1. The number of carbonyl (C=O) groups is 1. The first kappa shape index (κ1) is 12.6. The number of halogens is 1. The van der Waals surface area contributed by atoms with E-state index in [9.17, 15) is 9.90 Å². The molecule has 1 unspecified atom stereocenters. The summed E-state index contributed by atoms with van der Waals surface area (Å²) in [5, 5.41) is 13.6. The molecule has 2 rings (SSSR count). The van der Waals surface area contributed by atoms with E-state index in [4.69, 9.17) is 0 Å². The van der Waals surface area contributed by atoms with Crippen LogP contribution in [-0.4, -0.2) is 38.8 Å². The first-order valence-corrected chi connectivity index (χ1v) is 6.46. The van der Waals surface area contributed by atoms with Crippen LogP contribution in [0.4, 0.5) is 0 Å². The molecule has 0 saturated heterocycles. The van der Waals surface area contributed by atoms with Crippen molar-refractivity contribution in [2.75, 3.05) is 13.2 Å². The van der Waals surface area contributed by atoms with Gasteiger partial charge in [-0.05, 0) is 22.9 Å². The molecule has 5 nitrogen and oxygen atoms in total. The van der Waals surface area contributed by atoms with Crippen LogP contribution in [0.3, 0.4) is 0 Å². The smallest absolute Gasteiger partial charge is 0.219 e. The standard InChI is InChI=1S/C11H16BrN3O2/c1-7(6-16)15-10-3-4-14(8(2)17)5-9(10)11(12)13-15/h7,16H,3-6H2,1-2H3. The topological polar surface area (TPSA) is 58.4 Å². The third-order valence-corrected chi connectivity index (χ3v) is 3.80. The summed E-state index contributed by atoms with van der Waals surface area (Å²) in [6, 6.07) is -0.0288. The number of hydrogen-bond donors (Lipinski definition) is 1. The fraction of sp³-hybridized carbons (Fsp3) is 0.636. The van der Waals surface area contributed by atoms with Gasteiger partial charge in [-0.25, -0.2) is 0 Å². The van der Waals surface area contributed by atoms with Crippen LogP contribution < -0.4 is 0 Å². The molecule has 1 atom stereocenters. The average molecular weight is 302 g/mol. The van der Waals surface area contributed by atoms with E-state index < -0.39 is 0 Å². The Morgan fingerprint density at radius 1 is 1.65 bits per heavy atom. The Morgan fingerprint density at radius 2 is 2.35 bits per heavy atom. The minimum atomic E-state index is -0.0288. The molecule has 2 heterocycles. The molecule has 1 aromatic heterocycles. The van der Waals surface area contributed by atoms with Gasteiger partial charge in [0.2, 0.25) is 5.91 Å². The lowest BCUT2D eigenvalue weighted by Crippen LogP contribution is -2.35. The van der Waals surface area contributed by atoms with Crippen molar-refractivity contribution in [3.8, 4) is 0 Å². The second kappa shape index (κ2) is 4.78. The molecule has 1 amide bonds. The van der Waals surface area contributed by atoms with Gasteiger partial charge in [0, 0.05) is 31.1 Å². The van der Waals surface area contributed by atoms with Gasteiger partial charge < -0.3 is 10.0 Å². The largest absolute Gasteiger partial charge is 0.394 e. The van der Waals surface area contributed by atoms with Crippen LogP contribution in [-0.2, 0) is 17.8 Å². The second-order valence-corrected chi connectivity index (χ2v) is 5.13. The molecule has 1 aliphatic rings. The number of rotatable bonds is 2. The van der Waals surface area contributed by atoms with Crippen molar-refractivity contribution < 1.29 is 9.90 Å². The number of fused-ring (bicyclic) bond motifs is 1. The maximum Gasteiger partial charge on any atom is 0.219 e. The fourth-order valence-corrected chi connectivity index (χ4v) is 2.64. The van der Waals surface area contributed by atoms with Crippen LogP contribution in [0.5, 0.6) is 0 Å². The van der Waals surface area contributed by atoms with Crippen molar-refractivity contribution in [2.24, 2.45) is 0 Å². The van der Waals surface area contributed by atoms with Gasteiger partial charge in [-0.2, -0.15) is 5.10 Å². The van der Waals surface area contributed by atoms with E-state index in [1.54, 1.807) is 6.92 Å². The second-order valence-electron chi connectivity index (χ2n) is 4.38. The predicted molar refractivity (Wildman–Crippen MR) is 66.5 cm³/mol. The Labute approximate surface area is 109 Å². The maximum absolute atomic E-state index is 11.4. The number of aliphatic hydroxyl groups is 1. The number of hydrogen-bond acceptors (Lipinski definition) is 3. The number of carbonyl (C=O) groups excluding carboxylic acids is 1. The highest BCUT2D eigenvalue weighted by molar-refractivity contribution is 9.10. The molecule has 0 spiro atoms. The van der Waals surface area contributed by atoms with Crippen molar-refractivity contribution in [2.45, 2.75) is 32.9 Å². The van der Waals surface area contributed by atoms with Crippen LogP contribution in [0.25, 0.3) is 0 Å². The minimum Gasteiger partial charge on any atom is -0.394 e. The summed E-state index contributed by atoms with van der Waals surface area (Å²) >= 11 is 3.43. The van der Waals surface area contributed by atoms with Gasteiger partial charge in [-0.15, -0.1) is 0 Å². The molecule has 1 aromatic rings. The first-order chi connectivity index (χ1) is 8.04. The van der Waals surface area contributed by atoms with E-state index in [2.05, 4.69) is 21.0 Å². The summed E-state index contributed by atoms with van der Waals surface area (Å²) in [6.45, 7) is 4.90.